The minimum absolute atomic E-state index is 0.0306. The molecule has 0 saturated carbocycles. The first-order chi connectivity index (χ1) is 18.2. The number of para-hydroxylation sites is 1. The Bertz CT molecular complexity index is 1830. The van der Waals surface area contributed by atoms with E-state index in [1.54, 1.807) is 18.2 Å². The molecule has 0 fully saturated rings. The highest BCUT2D eigenvalue weighted by molar-refractivity contribution is 9.10. The van der Waals surface area contributed by atoms with E-state index in [9.17, 15) is 19.8 Å². The van der Waals surface area contributed by atoms with Crippen LogP contribution in [0.5, 0.6) is 11.6 Å². The quantitative estimate of drug-likeness (QED) is 0.250. The van der Waals surface area contributed by atoms with Crippen LogP contribution < -0.4 is 16.0 Å². The van der Waals surface area contributed by atoms with E-state index in [4.69, 9.17) is 4.74 Å². The summed E-state index contributed by atoms with van der Waals surface area (Å²) in [5, 5.41) is 30.3. The summed E-state index contributed by atoms with van der Waals surface area (Å²) in [6, 6.07) is 12.8. The number of halogens is 1. The summed E-state index contributed by atoms with van der Waals surface area (Å²) in [5.74, 6) is 0.401. The predicted molar refractivity (Wildman–Crippen MR) is 145 cm³/mol. The maximum atomic E-state index is 13.1. The van der Waals surface area contributed by atoms with Crippen molar-refractivity contribution in [3.8, 4) is 11.6 Å². The Kier molecular flexibility index (Phi) is 6.63. The number of rotatable bonds is 7. The Morgan fingerprint density at radius 1 is 1.13 bits per heavy atom. The molecule has 0 radical (unpaired) electrons. The van der Waals surface area contributed by atoms with E-state index in [1.165, 1.54) is 23.2 Å². The second-order valence-electron chi connectivity index (χ2n) is 8.84. The molecule has 0 amide bonds. The van der Waals surface area contributed by atoms with Gasteiger partial charge >= 0.3 is 5.69 Å². The van der Waals surface area contributed by atoms with Crippen molar-refractivity contribution in [2.24, 2.45) is 24.3 Å². The van der Waals surface area contributed by atoms with E-state index in [0.717, 1.165) is 14.6 Å². The number of imidazole rings is 1. The fourth-order valence-corrected chi connectivity index (χ4v) is 4.54. The number of aliphatic hydroxyl groups is 1. The molecule has 5 rings (SSSR count). The monoisotopic (exact) mass is 581 g/mol. The molecule has 3 N–H and O–H groups in total. The number of aliphatic hydroxyl groups excluding tert-OH is 1. The van der Waals surface area contributed by atoms with Crippen molar-refractivity contribution in [3.05, 3.63) is 73.3 Å². The van der Waals surface area contributed by atoms with E-state index in [1.807, 2.05) is 31.2 Å². The topological polar surface area (TPSA) is 152 Å². The van der Waals surface area contributed by atoms with Gasteiger partial charge in [0.15, 0.2) is 16.9 Å². The molecule has 1 atom stereocenters. The number of benzene rings is 2. The van der Waals surface area contributed by atoms with Crippen molar-refractivity contribution in [1.82, 2.24) is 23.7 Å². The van der Waals surface area contributed by atoms with E-state index in [-0.39, 0.29) is 41.8 Å². The van der Waals surface area contributed by atoms with Crippen LogP contribution in [0, 0.1) is 6.92 Å². The first-order valence-electron chi connectivity index (χ1n) is 11.6. The molecule has 196 valence electrons. The van der Waals surface area contributed by atoms with Crippen molar-refractivity contribution >= 4 is 49.6 Å². The first kappa shape index (κ1) is 25.4. The van der Waals surface area contributed by atoms with Crippen LogP contribution in [0.25, 0.3) is 22.1 Å². The van der Waals surface area contributed by atoms with Gasteiger partial charge in [0.2, 0.25) is 5.88 Å². The number of H-pyrrole nitrogens is 1. The van der Waals surface area contributed by atoms with Gasteiger partial charge in [0.1, 0.15) is 18.5 Å². The Hall–Kier alpha value is -4.23. The van der Waals surface area contributed by atoms with Crippen molar-refractivity contribution in [3.63, 3.8) is 0 Å². The number of nitrogens with zero attached hydrogens (tertiary/aromatic N) is 6. The third-order valence-electron chi connectivity index (χ3n) is 6.20. The lowest BCUT2D eigenvalue weighted by Crippen LogP contribution is -2.38. The highest BCUT2D eigenvalue weighted by Crippen LogP contribution is 2.37. The Labute approximate surface area is 223 Å². The molecular weight excluding hydrogens is 558 g/mol. The van der Waals surface area contributed by atoms with Gasteiger partial charge in [-0.25, -0.2) is 4.79 Å². The molecular formula is C25H24BrN7O5. The lowest BCUT2D eigenvalue weighted by Gasteiger charge is -2.15. The average Bonchev–Trinajstić information content (AvgIpc) is 3.40. The van der Waals surface area contributed by atoms with Gasteiger partial charge in [-0.2, -0.15) is 4.98 Å². The second kappa shape index (κ2) is 9.91. The van der Waals surface area contributed by atoms with E-state index >= 15 is 0 Å². The zero-order valence-corrected chi connectivity index (χ0v) is 22.3. The SMILES string of the molecule is Cc1ccccc1OCC(O)Cn1c(N=Nc2c(O)[nH]c3ccc(Br)cc23)nc2c1c(=O)n(C)c(=O)n2C. The number of azo groups is 1. The van der Waals surface area contributed by atoms with Crippen LogP contribution >= 0.6 is 15.9 Å². The molecule has 38 heavy (non-hydrogen) atoms. The molecule has 3 heterocycles. The number of hydrogen-bond acceptors (Lipinski definition) is 8. The number of ether oxygens (including phenoxy) is 1. The van der Waals surface area contributed by atoms with Gasteiger partial charge in [-0.05, 0) is 36.8 Å². The Morgan fingerprint density at radius 3 is 2.66 bits per heavy atom. The third kappa shape index (κ3) is 4.50. The summed E-state index contributed by atoms with van der Waals surface area (Å²) >= 11 is 3.41. The second-order valence-corrected chi connectivity index (χ2v) is 9.76. The van der Waals surface area contributed by atoms with Crippen LogP contribution in [0.2, 0.25) is 0 Å². The number of aromatic amines is 1. The van der Waals surface area contributed by atoms with Gasteiger partial charge in [-0.1, -0.05) is 34.1 Å². The summed E-state index contributed by atoms with van der Waals surface area (Å²) < 4.78 is 10.1. The molecule has 0 aliphatic carbocycles. The highest BCUT2D eigenvalue weighted by atomic mass is 79.9. The summed E-state index contributed by atoms with van der Waals surface area (Å²) in [7, 11) is 2.85. The molecule has 0 aliphatic rings. The minimum atomic E-state index is -1.06. The van der Waals surface area contributed by atoms with Gasteiger partial charge in [0.25, 0.3) is 11.5 Å². The number of nitrogens with one attached hydrogen (secondary N) is 1. The van der Waals surface area contributed by atoms with Gasteiger partial charge in [-0.15, -0.1) is 10.2 Å². The van der Waals surface area contributed by atoms with Crippen LogP contribution in [-0.2, 0) is 20.6 Å². The molecule has 3 aromatic heterocycles. The zero-order valence-electron chi connectivity index (χ0n) is 20.7. The number of aromatic nitrogens is 5. The Balaban J connectivity index is 1.57. The fourth-order valence-electron chi connectivity index (χ4n) is 4.18. The molecule has 13 heteroatoms. The molecule has 0 bridgehead atoms. The van der Waals surface area contributed by atoms with Crippen LogP contribution in [-0.4, -0.2) is 46.6 Å². The van der Waals surface area contributed by atoms with Crippen molar-refractivity contribution < 1.29 is 14.9 Å². The number of fused-ring (bicyclic) bond motifs is 2. The van der Waals surface area contributed by atoms with Gasteiger partial charge < -0.3 is 19.9 Å². The van der Waals surface area contributed by atoms with Crippen LogP contribution in [0.15, 0.2) is 66.8 Å². The smallest absolute Gasteiger partial charge is 0.332 e. The Morgan fingerprint density at radius 2 is 1.89 bits per heavy atom. The predicted octanol–water partition coefficient (Wildman–Crippen LogP) is 3.55. The van der Waals surface area contributed by atoms with E-state index in [2.05, 4.69) is 36.1 Å². The zero-order chi connectivity index (χ0) is 27.1. The molecule has 1 unspecified atom stereocenters. The summed E-state index contributed by atoms with van der Waals surface area (Å²) in [5.41, 5.74) is 0.741. The van der Waals surface area contributed by atoms with Crippen LogP contribution in [0.1, 0.15) is 5.56 Å². The summed E-state index contributed by atoms with van der Waals surface area (Å²) in [6.07, 6.45) is -1.06. The van der Waals surface area contributed by atoms with Crippen LogP contribution in [0.4, 0.5) is 11.6 Å². The number of hydrogen-bond donors (Lipinski definition) is 3. The van der Waals surface area contributed by atoms with Gasteiger partial charge in [-0.3, -0.25) is 18.5 Å². The van der Waals surface area contributed by atoms with Crippen LogP contribution in [0.3, 0.4) is 0 Å². The van der Waals surface area contributed by atoms with Gasteiger partial charge in [0, 0.05) is 24.0 Å². The maximum Gasteiger partial charge on any atom is 0.332 e. The fraction of sp³-hybridized carbons (Fsp3) is 0.240. The molecule has 0 aliphatic heterocycles. The summed E-state index contributed by atoms with van der Waals surface area (Å²) in [6.45, 7) is 1.71. The lowest BCUT2D eigenvalue weighted by atomic mass is 10.2. The molecule has 5 aromatic rings. The minimum Gasteiger partial charge on any atom is -0.493 e. The van der Waals surface area contributed by atoms with E-state index < -0.39 is 17.4 Å². The van der Waals surface area contributed by atoms with Crippen molar-refractivity contribution in [1.29, 1.82) is 0 Å². The number of aromatic hydroxyl groups is 1. The highest BCUT2D eigenvalue weighted by Gasteiger charge is 2.22. The number of aryl methyl sites for hydroxylation is 2. The summed E-state index contributed by atoms with van der Waals surface area (Å²) in [4.78, 5) is 32.8. The van der Waals surface area contributed by atoms with E-state index in [0.29, 0.717) is 16.7 Å². The normalized spacial score (nSPS) is 12.7. The molecule has 2 aromatic carbocycles. The van der Waals surface area contributed by atoms with Gasteiger partial charge in [0.05, 0.1) is 12.1 Å². The lowest BCUT2D eigenvalue weighted by molar-refractivity contribution is 0.0934. The standard InChI is InChI=1S/C25H24BrN7O5/c1-13-6-4-5-7-18(13)38-12-15(34)11-33-20-21(31(2)25(37)32(3)23(20)36)28-24(33)30-29-19-16-10-14(26)8-9-17(16)27-22(19)35/h4-10,15,27,34-35H,11-12H2,1-3H3. The average molecular weight is 582 g/mol. The third-order valence-corrected chi connectivity index (χ3v) is 6.69. The molecule has 0 spiro atoms. The first-order valence-corrected chi connectivity index (χ1v) is 12.4. The van der Waals surface area contributed by atoms with Crippen molar-refractivity contribution in [2.45, 2.75) is 19.6 Å². The molecule has 12 nitrogen and oxygen atoms in total. The maximum absolute atomic E-state index is 13.1. The van der Waals surface area contributed by atoms with Crippen molar-refractivity contribution in [2.75, 3.05) is 6.61 Å². The largest absolute Gasteiger partial charge is 0.493 e. The molecule has 0 saturated heterocycles.